The lowest BCUT2D eigenvalue weighted by Gasteiger charge is -2.15. The Labute approximate surface area is 115 Å². The Balaban J connectivity index is 0.00000162. The third-order valence-corrected chi connectivity index (χ3v) is 3.22. The molecule has 1 aliphatic carbocycles. The minimum absolute atomic E-state index is 0. The first-order valence-electron chi connectivity index (χ1n) is 6.20. The number of amides is 1. The van der Waals surface area contributed by atoms with Gasteiger partial charge >= 0.3 is 0 Å². The summed E-state index contributed by atoms with van der Waals surface area (Å²) < 4.78 is 0. The maximum atomic E-state index is 11.7. The monoisotopic (exact) mass is 268 g/mol. The van der Waals surface area contributed by atoms with E-state index in [1.54, 1.807) is 0 Å². The average Bonchev–Trinajstić information content (AvgIpc) is 2.59. The molecule has 0 saturated carbocycles. The first kappa shape index (κ1) is 15.0. The van der Waals surface area contributed by atoms with Gasteiger partial charge in [0.25, 0.3) is 0 Å². The quantitative estimate of drug-likeness (QED) is 0.884. The van der Waals surface area contributed by atoms with E-state index in [0.29, 0.717) is 6.42 Å². The van der Waals surface area contributed by atoms with E-state index < -0.39 is 0 Å². The van der Waals surface area contributed by atoms with Crippen LogP contribution >= 0.6 is 12.4 Å². The van der Waals surface area contributed by atoms with Crippen LogP contribution in [-0.2, 0) is 11.2 Å². The molecule has 2 rings (SSSR count). The zero-order chi connectivity index (χ0) is 12.4. The van der Waals surface area contributed by atoms with Crippen LogP contribution in [0.2, 0.25) is 0 Å². The van der Waals surface area contributed by atoms with E-state index in [-0.39, 0.29) is 30.4 Å². The van der Waals surface area contributed by atoms with Gasteiger partial charge in [-0.3, -0.25) is 4.79 Å². The highest BCUT2D eigenvalue weighted by Crippen LogP contribution is 2.31. The molecule has 0 radical (unpaired) electrons. The van der Waals surface area contributed by atoms with Gasteiger partial charge in [0.2, 0.25) is 5.91 Å². The first-order valence-corrected chi connectivity index (χ1v) is 6.20. The summed E-state index contributed by atoms with van der Waals surface area (Å²) in [5, 5.41) is 3.07. The molecule has 3 N–H and O–H groups in total. The SMILES string of the molecule is Cc1ccc2c(c1)CCC2NC(=O)CC(C)N.Cl. The van der Waals surface area contributed by atoms with E-state index in [0.717, 1.165) is 12.8 Å². The number of carbonyl (C=O) groups is 1. The fourth-order valence-corrected chi connectivity index (χ4v) is 2.44. The number of nitrogens with one attached hydrogen (secondary N) is 1. The summed E-state index contributed by atoms with van der Waals surface area (Å²) in [6.07, 6.45) is 2.46. The van der Waals surface area contributed by atoms with Crippen LogP contribution < -0.4 is 11.1 Å². The second-order valence-corrected chi connectivity index (χ2v) is 5.04. The van der Waals surface area contributed by atoms with Crippen LogP contribution in [0.15, 0.2) is 18.2 Å². The van der Waals surface area contributed by atoms with Crippen molar-refractivity contribution in [3.8, 4) is 0 Å². The van der Waals surface area contributed by atoms with Crippen LogP contribution in [0.5, 0.6) is 0 Å². The predicted octanol–water partition coefficient (Wildman–Crippen LogP) is 2.26. The van der Waals surface area contributed by atoms with Gasteiger partial charge < -0.3 is 11.1 Å². The Bertz CT molecular complexity index is 432. The third kappa shape index (κ3) is 3.47. The summed E-state index contributed by atoms with van der Waals surface area (Å²) in [6, 6.07) is 6.56. The molecular formula is C14H21ClN2O. The third-order valence-electron chi connectivity index (χ3n) is 3.22. The van der Waals surface area contributed by atoms with Gasteiger partial charge in [-0.25, -0.2) is 0 Å². The lowest BCUT2D eigenvalue weighted by Crippen LogP contribution is -2.32. The molecule has 0 spiro atoms. The molecule has 0 fully saturated rings. The molecular weight excluding hydrogens is 248 g/mol. The van der Waals surface area contributed by atoms with E-state index in [4.69, 9.17) is 5.73 Å². The Morgan fingerprint density at radius 3 is 2.94 bits per heavy atom. The van der Waals surface area contributed by atoms with Gasteiger partial charge in [-0.15, -0.1) is 12.4 Å². The van der Waals surface area contributed by atoms with Crippen molar-refractivity contribution in [1.82, 2.24) is 5.32 Å². The summed E-state index contributed by atoms with van der Waals surface area (Å²) in [7, 11) is 0. The highest BCUT2D eigenvalue weighted by atomic mass is 35.5. The molecule has 0 bridgehead atoms. The standard InChI is InChI=1S/C14H20N2O.ClH/c1-9-3-5-12-11(7-9)4-6-13(12)16-14(17)8-10(2)15;/h3,5,7,10,13H,4,6,8,15H2,1-2H3,(H,16,17);1H. The van der Waals surface area contributed by atoms with E-state index >= 15 is 0 Å². The number of nitrogens with two attached hydrogens (primary N) is 1. The molecule has 2 atom stereocenters. The fraction of sp³-hybridized carbons (Fsp3) is 0.500. The summed E-state index contributed by atoms with van der Waals surface area (Å²) in [6.45, 7) is 3.95. The highest BCUT2D eigenvalue weighted by molar-refractivity contribution is 5.85. The van der Waals surface area contributed by atoms with Crippen molar-refractivity contribution in [1.29, 1.82) is 0 Å². The van der Waals surface area contributed by atoms with Crippen LogP contribution in [0.3, 0.4) is 0 Å². The summed E-state index contributed by atoms with van der Waals surface area (Å²) >= 11 is 0. The number of halogens is 1. The molecule has 0 aliphatic heterocycles. The number of aryl methyl sites for hydroxylation is 2. The molecule has 18 heavy (non-hydrogen) atoms. The molecule has 3 nitrogen and oxygen atoms in total. The van der Waals surface area contributed by atoms with Crippen LogP contribution in [0, 0.1) is 6.92 Å². The van der Waals surface area contributed by atoms with Crippen LogP contribution in [0.25, 0.3) is 0 Å². The van der Waals surface area contributed by atoms with E-state index in [9.17, 15) is 4.79 Å². The Morgan fingerprint density at radius 1 is 1.56 bits per heavy atom. The van der Waals surface area contributed by atoms with Crippen LogP contribution in [-0.4, -0.2) is 11.9 Å². The number of fused-ring (bicyclic) bond motifs is 1. The zero-order valence-electron chi connectivity index (χ0n) is 10.9. The van der Waals surface area contributed by atoms with Crippen molar-refractivity contribution in [2.24, 2.45) is 5.73 Å². The van der Waals surface area contributed by atoms with Crippen molar-refractivity contribution in [3.63, 3.8) is 0 Å². The fourth-order valence-electron chi connectivity index (χ4n) is 2.44. The highest BCUT2D eigenvalue weighted by Gasteiger charge is 2.23. The lowest BCUT2D eigenvalue weighted by molar-refractivity contribution is -0.122. The smallest absolute Gasteiger partial charge is 0.222 e. The van der Waals surface area contributed by atoms with Crippen molar-refractivity contribution < 1.29 is 4.79 Å². The molecule has 1 amide bonds. The van der Waals surface area contributed by atoms with Gasteiger partial charge in [-0.05, 0) is 37.8 Å². The largest absolute Gasteiger partial charge is 0.349 e. The lowest BCUT2D eigenvalue weighted by atomic mass is 10.1. The predicted molar refractivity (Wildman–Crippen MR) is 75.9 cm³/mol. The minimum atomic E-state index is -0.0751. The van der Waals surface area contributed by atoms with E-state index in [1.807, 2.05) is 6.92 Å². The number of hydrogen-bond acceptors (Lipinski definition) is 2. The summed E-state index contributed by atoms with van der Waals surface area (Å²) in [4.78, 5) is 11.7. The maximum absolute atomic E-state index is 11.7. The first-order chi connectivity index (χ1) is 8.06. The van der Waals surface area contributed by atoms with Gasteiger partial charge in [0.1, 0.15) is 0 Å². The van der Waals surface area contributed by atoms with Crippen molar-refractivity contribution in [2.45, 2.75) is 45.2 Å². The summed E-state index contributed by atoms with van der Waals surface area (Å²) in [5.74, 6) is 0.0541. The second-order valence-electron chi connectivity index (χ2n) is 5.04. The Morgan fingerprint density at radius 2 is 2.28 bits per heavy atom. The van der Waals surface area contributed by atoms with Crippen LogP contribution in [0.4, 0.5) is 0 Å². The molecule has 0 aromatic heterocycles. The molecule has 100 valence electrons. The zero-order valence-corrected chi connectivity index (χ0v) is 11.7. The number of benzene rings is 1. The van der Waals surface area contributed by atoms with Gasteiger partial charge in [0.05, 0.1) is 6.04 Å². The van der Waals surface area contributed by atoms with Crippen molar-refractivity contribution in [2.75, 3.05) is 0 Å². The number of rotatable bonds is 3. The molecule has 0 saturated heterocycles. The van der Waals surface area contributed by atoms with Crippen molar-refractivity contribution in [3.05, 3.63) is 34.9 Å². The second kappa shape index (κ2) is 6.21. The van der Waals surface area contributed by atoms with Gasteiger partial charge in [-0.1, -0.05) is 23.8 Å². The number of carbonyl (C=O) groups excluding carboxylic acids is 1. The van der Waals surface area contributed by atoms with E-state index in [1.165, 1.54) is 16.7 Å². The Kier molecular flexibility index (Phi) is 5.17. The van der Waals surface area contributed by atoms with E-state index in [2.05, 4.69) is 30.4 Å². The molecule has 0 heterocycles. The Hall–Kier alpha value is -1.06. The van der Waals surface area contributed by atoms with Crippen molar-refractivity contribution >= 4 is 18.3 Å². The van der Waals surface area contributed by atoms with Gasteiger partial charge in [0.15, 0.2) is 0 Å². The molecule has 2 unspecified atom stereocenters. The van der Waals surface area contributed by atoms with Gasteiger partial charge in [0, 0.05) is 12.5 Å². The average molecular weight is 269 g/mol. The molecule has 1 aromatic carbocycles. The number of hydrogen-bond donors (Lipinski definition) is 2. The van der Waals surface area contributed by atoms with Crippen LogP contribution in [0.1, 0.15) is 42.5 Å². The van der Waals surface area contributed by atoms with Gasteiger partial charge in [-0.2, -0.15) is 0 Å². The molecule has 1 aromatic rings. The normalized spacial score (nSPS) is 18.7. The maximum Gasteiger partial charge on any atom is 0.222 e. The molecule has 1 aliphatic rings. The summed E-state index contributed by atoms with van der Waals surface area (Å²) in [5.41, 5.74) is 9.55. The minimum Gasteiger partial charge on any atom is -0.349 e. The topological polar surface area (TPSA) is 55.1 Å². The molecule has 4 heteroatoms.